The quantitative estimate of drug-likeness (QED) is 0.552. The van der Waals surface area contributed by atoms with Gasteiger partial charge >= 0.3 is 0 Å². The molecule has 2 bridgehead atoms. The van der Waals surface area contributed by atoms with E-state index in [9.17, 15) is 4.79 Å². The molecular weight excluding hydrogens is 454 g/mol. The van der Waals surface area contributed by atoms with Gasteiger partial charge in [-0.25, -0.2) is 13.8 Å². The number of fused-ring (bicyclic) bond motifs is 4. The molecule has 3 heterocycles. The molecule has 1 amide bonds. The Hall–Kier alpha value is -2.74. The van der Waals surface area contributed by atoms with Gasteiger partial charge in [-0.2, -0.15) is 0 Å². The summed E-state index contributed by atoms with van der Waals surface area (Å²) in [5.74, 6) is 0.254. The second-order valence-electron chi connectivity index (χ2n) is 10.2. The van der Waals surface area contributed by atoms with Gasteiger partial charge in [0.15, 0.2) is 0 Å². The summed E-state index contributed by atoms with van der Waals surface area (Å²) < 4.78 is 30.8. The van der Waals surface area contributed by atoms with Crippen LogP contribution in [0.2, 0.25) is 0 Å². The van der Waals surface area contributed by atoms with Crippen molar-refractivity contribution in [2.45, 2.75) is 51.5 Å². The number of nitrogen functional groups attached to an aromatic ring is 1. The SMILES string of the molecule is Cc1ccc2c(N)c(C(=O)N[C@@H]3CCc4c(F)c(N5CC6CCC(C6)C5)cc(F)c4C3)sc2n1. The van der Waals surface area contributed by atoms with Crippen LogP contribution in [0.25, 0.3) is 10.2 Å². The summed E-state index contributed by atoms with van der Waals surface area (Å²) >= 11 is 1.26. The maximum Gasteiger partial charge on any atom is 0.263 e. The van der Waals surface area contributed by atoms with Crippen molar-refractivity contribution < 1.29 is 13.6 Å². The zero-order valence-electron chi connectivity index (χ0n) is 19.2. The molecule has 178 valence electrons. The number of aryl methyl sites for hydroxylation is 1. The highest BCUT2D eigenvalue weighted by Crippen LogP contribution is 2.41. The maximum atomic E-state index is 15.5. The second kappa shape index (κ2) is 8.18. The molecule has 2 fully saturated rings. The van der Waals surface area contributed by atoms with Crippen molar-refractivity contribution in [3.8, 4) is 0 Å². The molecule has 8 heteroatoms. The summed E-state index contributed by atoms with van der Waals surface area (Å²) in [5.41, 5.74) is 8.77. The average Bonchev–Trinajstić information content (AvgIpc) is 3.33. The number of carbonyl (C=O) groups is 1. The molecule has 1 saturated heterocycles. The fourth-order valence-corrected chi connectivity index (χ4v) is 7.16. The molecule has 3 aliphatic rings. The van der Waals surface area contributed by atoms with Crippen LogP contribution in [0.3, 0.4) is 0 Å². The van der Waals surface area contributed by atoms with E-state index in [4.69, 9.17) is 5.73 Å². The van der Waals surface area contributed by atoms with Crippen molar-refractivity contribution in [3.05, 3.63) is 51.5 Å². The summed E-state index contributed by atoms with van der Waals surface area (Å²) in [6.07, 6.45) is 4.84. The first kappa shape index (κ1) is 21.8. The number of benzene rings is 1. The zero-order chi connectivity index (χ0) is 23.6. The number of rotatable bonds is 3. The van der Waals surface area contributed by atoms with E-state index in [0.29, 0.717) is 52.1 Å². The highest BCUT2D eigenvalue weighted by atomic mass is 32.1. The fraction of sp³-hybridized carbons (Fsp3) is 0.462. The normalized spacial score (nSPS) is 23.9. The Bertz CT molecular complexity index is 1290. The number of nitrogens with one attached hydrogen (secondary N) is 1. The number of pyridine rings is 1. The maximum absolute atomic E-state index is 15.5. The van der Waals surface area contributed by atoms with Gasteiger partial charge in [0.05, 0.1) is 11.4 Å². The topological polar surface area (TPSA) is 71.2 Å². The van der Waals surface area contributed by atoms with E-state index >= 15 is 8.78 Å². The molecule has 3 N–H and O–H groups in total. The van der Waals surface area contributed by atoms with E-state index in [2.05, 4.69) is 15.2 Å². The van der Waals surface area contributed by atoms with Gasteiger partial charge < -0.3 is 16.0 Å². The first-order chi connectivity index (χ1) is 16.4. The Kier molecular flexibility index (Phi) is 5.24. The van der Waals surface area contributed by atoms with Crippen molar-refractivity contribution in [2.75, 3.05) is 23.7 Å². The number of halogens is 2. The van der Waals surface area contributed by atoms with Crippen LogP contribution in [0.15, 0.2) is 18.2 Å². The molecule has 34 heavy (non-hydrogen) atoms. The Balaban J connectivity index is 1.22. The molecule has 3 atom stereocenters. The van der Waals surface area contributed by atoms with Gasteiger partial charge in [0.25, 0.3) is 5.91 Å². The Morgan fingerprint density at radius 3 is 2.71 bits per heavy atom. The van der Waals surface area contributed by atoms with Crippen LogP contribution >= 0.6 is 11.3 Å². The van der Waals surface area contributed by atoms with E-state index in [1.165, 1.54) is 36.7 Å². The number of nitrogens with two attached hydrogens (primary N) is 1. The number of carbonyl (C=O) groups excluding carboxylic acids is 1. The van der Waals surface area contributed by atoms with E-state index in [1.54, 1.807) is 0 Å². The number of hydrogen-bond donors (Lipinski definition) is 2. The summed E-state index contributed by atoms with van der Waals surface area (Å²) in [6.45, 7) is 3.52. The number of nitrogens with zero attached hydrogens (tertiary/aromatic N) is 2. The van der Waals surface area contributed by atoms with Crippen LogP contribution in [0, 0.1) is 30.4 Å². The van der Waals surface area contributed by atoms with Crippen LogP contribution in [0.5, 0.6) is 0 Å². The minimum absolute atomic E-state index is 0.273. The van der Waals surface area contributed by atoms with Gasteiger partial charge in [-0.15, -0.1) is 11.3 Å². The number of anilines is 2. The van der Waals surface area contributed by atoms with Gasteiger partial charge in [-0.1, -0.05) is 0 Å². The van der Waals surface area contributed by atoms with E-state index < -0.39 is 0 Å². The van der Waals surface area contributed by atoms with Crippen molar-refractivity contribution in [2.24, 2.45) is 11.8 Å². The lowest BCUT2D eigenvalue weighted by Crippen LogP contribution is -2.40. The van der Waals surface area contributed by atoms with Crippen molar-refractivity contribution >= 4 is 38.8 Å². The molecule has 2 aromatic heterocycles. The van der Waals surface area contributed by atoms with Crippen LogP contribution in [-0.2, 0) is 12.8 Å². The molecule has 3 aromatic rings. The number of hydrogen-bond acceptors (Lipinski definition) is 5. The minimum atomic E-state index is -0.371. The van der Waals surface area contributed by atoms with Crippen LogP contribution < -0.4 is 16.0 Å². The average molecular weight is 483 g/mol. The Morgan fingerprint density at radius 2 is 1.94 bits per heavy atom. The lowest BCUT2D eigenvalue weighted by Gasteiger charge is -2.35. The predicted octanol–water partition coefficient (Wildman–Crippen LogP) is 4.99. The first-order valence-electron chi connectivity index (χ1n) is 12.1. The Labute approximate surface area is 201 Å². The van der Waals surface area contributed by atoms with Crippen molar-refractivity contribution in [1.29, 1.82) is 0 Å². The highest BCUT2D eigenvalue weighted by Gasteiger charge is 2.36. The number of piperidine rings is 1. The van der Waals surface area contributed by atoms with E-state index in [0.717, 1.165) is 29.0 Å². The molecule has 1 aliphatic heterocycles. The largest absolute Gasteiger partial charge is 0.397 e. The summed E-state index contributed by atoms with van der Waals surface area (Å²) in [6, 6.07) is 4.84. The van der Waals surface area contributed by atoms with Crippen molar-refractivity contribution in [1.82, 2.24) is 10.3 Å². The molecule has 1 saturated carbocycles. The lowest BCUT2D eigenvalue weighted by molar-refractivity contribution is 0.0938. The van der Waals surface area contributed by atoms with Gasteiger partial charge in [0, 0.05) is 36.3 Å². The van der Waals surface area contributed by atoms with Crippen molar-refractivity contribution in [3.63, 3.8) is 0 Å². The number of thiophene rings is 1. The first-order valence-corrected chi connectivity index (χ1v) is 12.9. The molecule has 0 spiro atoms. The third-order valence-corrected chi connectivity index (χ3v) is 8.94. The molecule has 5 nitrogen and oxygen atoms in total. The van der Waals surface area contributed by atoms with Gasteiger partial charge in [-0.05, 0) is 80.5 Å². The van der Waals surface area contributed by atoms with Gasteiger partial charge in [0.2, 0.25) is 0 Å². The molecular formula is C26H28F2N4OS. The van der Waals surface area contributed by atoms with Gasteiger partial charge in [0.1, 0.15) is 21.3 Å². The zero-order valence-corrected chi connectivity index (χ0v) is 20.0. The molecule has 6 rings (SSSR count). The predicted molar refractivity (Wildman–Crippen MR) is 131 cm³/mol. The minimum Gasteiger partial charge on any atom is -0.397 e. The van der Waals surface area contributed by atoms with Crippen LogP contribution in [0.1, 0.15) is 52.2 Å². The number of amides is 1. The molecule has 1 aromatic carbocycles. The lowest BCUT2D eigenvalue weighted by atomic mass is 9.86. The van der Waals surface area contributed by atoms with Crippen LogP contribution in [-0.4, -0.2) is 30.0 Å². The fourth-order valence-electron chi connectivity index (χ4n) is 6.12. The third kappa shape index (κ3) is 3.63. The Morgan fingerprint density at radius 1 is 1.18 bits per heavy atom. The van der Waals surface area contributed by atoms with Gasteiger partial charge in [-0.3, -0.25) is 4.79 Å². The van der Waals surface area contributed by atoms with E-state index in [1.807, 2.05) is 19.1 Å². The van der Waals surface area contributed by atoms with Crippen LogP contribution in [0.4, 0.5) is 20.2 Å². The number of aromatic nitrogens is 1. The second-order valence-corrected chi connectivity index (χ2v) is 11.2. The summed E-state index contributed by atoms with van der Waals surface area (Å²) in [4.78, 5) is 20.7. The smallest absolute Gasteiger partial charge is 0.263 e. The molecule has 0 radical (unpaired) electrons. The standard InChI is InChI=1S/C26H28F2N4OS/c1-13-2-6-18-23(29)24(34-26(18)30-13)25(33)31-16-5-7-17-19(9-16)20(27)10-21(22(17)28)32-11-14-3-4-15(8-14)12-32/h2,6,10,14-16H,3-5,7-9,11-12,29H2,1H3,(H,31,33)/t14?,15?,16-/m1/s1. The highest BCUT2D eigenvalue weighted by molar-refractivity contribution is 7.21. The monoisotopic (exact) mass is 482 g/mol. The molecule has 2 aliphatic carbocycles. The summed E-state index contributed by atoms with van der Waals surface area (Å²) in [7, 11) is 0. The van der Waals surface area contributed by atoms with E-state index in [-0.39, 0.29) is 30.0 Å². The summed E-state index contributed by atoms with van der Waals surface area (Å²) in [5, 5.41) is 3.77. The third-order valence-electron chi connectivity index (χ3n) is 7.82. The molecule has 2 unspecified atom stereocenters.